The number of nitrogens with two attached hydrogens (primary N) is 1. The van der Waals surface area contributed by atoms with Crippen molar-refractivity contribution in [3.8, 4) is 0 Å². The fraction of sp³-hybridized carbons (Fsp3) is 0.143. The maximum atomic E-state index is 13.4. The minimum Gasteiger partial charge on any atom is -0.326 e. The van der Waals surface area contributed by atoms with Crippen molar-refractivity contribution in [3.05, 3.63) is 53.8 Å². The molecule has 0 atom stereocenters. The Labute approximate surface area is 127 Å². The zero-order valence-electron chi connectivity index (χ0n) is 11.3. The summed E-state index contributed by atoms with van der Waals surface area (Å²) in [5.74, 6) is -0.513. The minimum atomic E-state index is -3.78. The Balaban J connectivity index is 2.38. The van der Waals surface area contributed by atoms with Crippen molar-refractivity contribution in [3.63, 3.8) is 0 Å². The second-order valence-corrected chi connectivity index (χ2v) is 6.79. The summed E-state index contributed by atoms with van der Waals surface area (Å²) in [5, 5.41) is 0. The molecule has 0 saturated carbocycles. The van der Waals surface area contributed by atoms with Crippen LogP contribution in [0.2, 0.25) is 0 Å². The van der Waals surface area contributed by atoms with Gasteiger partial charge in [0.25, 0.3) is 10.0 Å². The maximum absolute atomic E-state index is 13.4. The topological polar surface area (TPSA) is 72.2 Å². The van der Waals surface area contributed by atoms with Crippen LogP contribution in [0, 0.1) is 5.82 Å². The molecular formula is C14H15FN2O2S2. The molecule has 0 radical (unpaired) electrons. The second kappa shape index (κ2) is 6.46. The first kappa shape index (κ1) is 15.8. The van der Waals surface area contributed by atoms with Crippen molar-refractivity contribution in [2.75, 3.05) is 11.0 Å². The third-order valence-electron chi connectivity index (χ3n) is 2.90. The predicted octanol–water partition coefficient (Wildman–Crippen LogP) is 2.81. The van der Waals surface area contributed by atoms with E-state index in [2.05, 4.69) is 4.72 Å². The molecule has 7 heteroatoms. The van der Waals surface area contributed by atoms with E-state index < -0.39 is 15.8 Å². The predicted molar refractivity (Wildman–Crippen MR) is 83.3 cm³/mol. The van der Waals surface area contributed by atoms with Crippen molar-refractivity contribution < 1.29 is 12.8 Å². The van der Waals surface area contributed by atoms with E-state index in [1.807, 2.05) is 18.4 Å². The van der Waals surface area contributed by atoms with Crippen LogP contribution in [0.25, 0.3) is 0 Å². The number of anilines is 1. The highest BCUT2D eigenvalue weighted by atomic mass is 32.2. The van der Waals surface area contributed by atoms with Crippen molar-refractivity contribution in [2.45, 2.75) is 16.3 Å². The Bertz CT molecular complexity index is 748. The molecule has 3 N–H and O–H groups in total. The van der Waals surface area contributed by atoms with Gasteiger partial charge in [-0.1, -0.05) is 12.1 Å². The van der Waals surface area contributed by atoms with Crippen molar-refractivity contribution in [2.24, 2.45) is 5.73 Å². The number of sulfonamides is 1. The Morgan fingerprint density at radius 1 is 1.24 bits per heavy atom. The molecule has 0 aliphatic heterocycles. The lowest BCUT2D eigenvalue weighted by Gasteiger charge is -2.12. The summed E-state index contributed by atoms with van der Waals surface area (Å²) in [5.41, 5.74) is 6.05. The molecule has 4 nitrogen and oxygen atoms in total. The van der Waals surface area contributed by atoms with E-state index in [1.54, 1.807) is 12.1 Å². The van der Waals surface area contributed by atoms with Crippen LogP contribution in [0.15, 0.2) is 52.3 Å². The first-order valence-electron chi connectivity index (χ1n) is 6.12. The smallest absolute Gasteiger partial charge is 0.261 e. The highest BCUT2D eigenvalue weighted by molar-refractivity contribution is 7.99. The van der Waals surface area contributed by atoms with E-state index in [9.17, 15) is 12.8 Å². The standard InChI is InChI=1S/C14H15FN2O2S2/c1-20-14-5-3-2-4-13(14)17-21(18,19)11-6-7-12(15)10(8-11)9-16/h2-8,17H,9,16H2,1H3. The highest BCUT2D eigenvalue weighted by Gasteiger charge is 2.17. The Hall–Kier alpha value is -1.57. The molecule has 0 aromatic heterocycles. The van der Waals surface area contributed by atoms with Gasteiger partial charge in [0.1, 0.15) is 5.82 Å². The van der Waals surface area contributed by atoms with Gasteiger partial charge in [-0.25, -0.2) is 12.8 Å². The summed E-state index contributed by atoms with van der Waals surface area (Å²) < 4.78 is 40.6. The zero-order valence-corrected chi connectivity index (χ0v) is 13.0. The number of rotatable bonds is 5. The van der Waals surface area contributed by atoms with Crippen LogP contribution >= 0.6 is 11.8 Å². The molecule has 0 aliphatic rings. The third kappa shape index (κ3) is 3.55. The van der Waals surface area contributed by atoms with Crippen LogP contribution in [-0.2, 0) is 16.6 Å². The summed E-state index contributed by atoms with van der Waals surface area (Å²) in [7, 11) is -3.78. The summed E-state index contributed by atoms with van der Waals surface area (Å²) in [6, 6.07) is 10.6. The van der Waals surface area contributed by atoms with Crippen LogP contribution in [0.5, 0.6) is 0 Å². The summed E-state index contributed by atoms with van der Waals surface area (Å²) >= 11 is 1.43. The molecule has 0 amide bonds. The molecule has 0 fully saturated rings. The maximum Gasteiger partial charge on any atom is 0.261 e. The monoisotopic (exact) mass is 326 g/mol. The van der Waals surface area contributed by atoms with Crippen LogP contribution in [-0.4, -0.2) is 14.7 Å². The molecule has 2 aromatic carbocycles. The molecule has 2 rings (SSSR count). The number of hydrogen-bond donors (Lipinski definition) is 2. The van der Waals surface area contributed by atoms with Gasteiger partial charge in [-0.15, -0.1) is 11.8 Å². The number of nitrogens with one attached hydrogen (secondary N) is 1. The molecular weight excluding hydrogens is 311 g/mol. The number of halogens is 1. The van der Waals surface area contributed by atoms with Crippen LogP contribution in [0.1, 0.15) is 5.56 Å². The molecule has 21 heavy (non-hydrogen) atoms. The van der Waals surface area contributed by atoms with Crippen LogP contribution < -0.4 is 10.5 Å². The Morgan fingerprint density at radius 2 is 1.95 bits per heavy atom. The van der Waals surface area contributed by atoms with Gasteiger partial charge in [-0.05, 0) is 36.6 Å². The molecule has 0 heterocycles. The second-order valence-electron chi connectivity index (χ2n) is 4.26. The molecule has 0 bridgehead atoms. The molecule has 0 saturated heterocycles. The Kier molecular flexibility index (Phi) is 4.87. The van der Waals surface area contributed by atoms with Crippen molar-refractivity contribution in [1.82, 2.24) is 0 Å². The normalized spacial score (nSPS) is 11.4. The van der Waals surface area contributed by atoms with Gasteiger partial charge in [0.15, 0.2) is 0 Å². The SMILES string of the molecule is CSc1ccccc1NS(=O)(=O)c1ccc(F)c(CN)c1. The molecule has 0 spiro atoms. The van der Waals surface area contributed by atoms with Crippen LogP contribution in [0.3, 0.4) is 0 Å². The van der Waals surface area contributed by atoms with E-state index in [0.29, 0.717) is 5.69 Å². The third-order valence-corrected chi connectivity index (χ3v) is 5.06. The summed E-state index contributed by atoms with van der Waals surface area (Å²) in [6.07, 6.45) is 1.86. The average Bonchev–Trinajstić information content (AvgIpc) is 2.47. The van der Waals surface area contributed by atoms with E-state index in [-0.39, 0.29) is 17.0 Å². The number of benzene rings is 2. The van der Waals surface area contributed by atoms with Crippen molar-refractivity contribution >= 4 is 27.5 Å². The van der Waals surface area contributed by atoms with E-state index in [4.69, 9.17) is 5.73 Å². The van der Waals surface area contributed by atoms with Gasteiger partial charge in [0, 0.05) is 17.0 Å². The van der Waals surface area contributed by atoms with Gasteiger partial charge in [-0.3, -0.25) is 4.72 Å². The van der Waals surface area contributed by atoms with E-state index >= 15 is 0 Å². The average molecular weight is 326 g/mol. The zero-order chi connectivity index (χ0) is 15.5. The first-order valence-corrected chi connectivity index (χ1v) is 8.83. The molecule has 0 unspecified atom stereocenters. The van der Waals surface area contributed by atoms with Gasteiger partial charge in [-0.2, -0.15) is 0 Å². The van der Waals surface area contributed by atoms with E-state index in [1.165, 1.54) is 23.9 Å². The van der Waals surface area contributed by atoms with Gasteiger partial charge < -0.3 is 5.73 Å². The number of thioether (sulfide) groups is 1. The summed E-state index contributed by atoms with van der Waals surface area (Å²) in [6.45, 7) is -0.0589. The lowest BCUT2D eigenvalue weighted by atomic mass is 10.2. The van der Waals surface area contributed by atoms with Gasteiger partial charge >= 0.3 is 0 Å². The first-order chi connectivity index (χ1) is 9.97. The van der Waals surface area contributed by atoms with Gasteiger partial charge in [0.05, 0.1) is 10.6 Å². The molecule has 2 aromatic rings. The quantitative estimate of drug-likeness (QED) is 0.829. The molecule has 0 aliphatic carbocycles. The lowest BCUT2D eigenvalue weighted by molar-refractivity contribution is 0.596. The van der Waals surface area contributed by atoms with Gasteiger partial charge in [0.2, 0.25) is 0 Å². The van der Waals surface area contributed by atoms with Crippen molar-refractivity contribution in [1.29, 1.82) is 0 Å². The highest BCUT2D eigenvalue weighted by Crippen LogP contribution is 2.27. The lowest BCUT2D eigenvalue weighted by Crippen LogP contribution is -2.14. The summed E-state index contributed by atoms with van der Waals surface area (Å²) in [4.78, 5) is 0.794. The van der Waals surface area contributed by atoms with E-state index in [0.717, 1.165) is 11.0 Å². The fourth-order valence-corrected chi connectivity index (χ4v) is 3.56. The largest absolute Gasteiger partial charge is 0.326 e. The fourth-order valence-electron chi connectivity index (χ4n) is 1.81. The Morgan fingerprint density at radius 3 is 2.62 bits per heavy atom. The minimum absolute atomic E-state index is 0.0137. The number of hydrogen-bond acceptors (Lipinski definition) is 4. The van der Waals surface area contributed by atoms with Crippen LogP contribution in [0.4, 0.5) is 10.1 Å². The number of para-hydroxylation sites is 1. The molecule has 112 valence electrons.